The fourth-order valence-corrected chi connectivity index (χ4v) is 3.14. The number of hydrogen-bond acceptors (Lipinski definition) is 5. The highest BCUT2D eigenvalue weighted by Gasteiger charge is 2.31. The van der Waals surface area contributed by atoms with Crippen molar-refractivity contribution in [1.82, 2.24) is 15.1 Å². The van der Waals surface area contributed by atoms with Crippen molar-refractivity contribution >= 4 is 11.9 Å². The number of aromatic nitrogens is 2. The quantitative estimate of drug-likeness (QED) is 0.739. The van der Waals surface area contributed by atoms with Gasteiger partial charge in [0.25, 0.3) is 5.91 Å². The Morgan fingerprint density at radius 2 is 2.00 bits per heavy atom. The molecule has 0 saturated heterocycles. The summed E-state index contributed by atoms with van der Waals surface area (Å²) in [5, 5.41) is 6.76. The molecule has 1 amide bonds. The van der Waals surface area contributed by atoms with Crippen LogP contribution in [0.1, 0.15) is 41.7 Å². The minimum absolute atomic E-state index is 0.0172. The molecule has 0 spiro atoms. The van der Waals surface area contributed by atoms with E-state index in [1.165, 1.54) is 25.4 Å². The van der Waals surface area contributed by atoms with Crippen LogP contribution in [0.4, 0.5) is 13.2 Å². The molecule has 1 N–H and O–H groups in total. The van der Waals surface area contributed by atoms with Crippen LogP contribution in [-0.4, -0.2) is 41.4 Å². The molecule has 1 heterocycles. The molecule has 0 bridgehead atoms. The molecule has 29 heavy (non-hydrogen) atoms. The maximum Gasteiger partial charge on any atom is 0.416 e. The largest absolute Gasteiger partial charge is 0.493 e. The van der Waals surface area contributed by atoms with Gasteiger partial charge in [-0.3, -0.25) is 4.79 Å². The van der Waals surface area contributed by atoms with Gasteiger partial charge in [0.05, 0.1) is 24.6 Å². The molecule has 0 unspecified atom stereocenters. The molecule has 3 rings (SSSR count). The number of hydrogen-bond donors (Lipinski definition) is 1. The van der Waals surface area contributed by atoms with Gasteiger partial charge in [0.2, 0.25) is 5.69 Å². The average molecular weight is 411 g/mol. The number of nitrogens with one attached hydrogen (secondary N) is 1. The van der Waals surface area contributed by atoms with Crippen LogP contribution >= 0.6 is 0 Å². The number of carbonyl (C=O) groups is 2. The first kappa shape index (κ1) is 20.7. The van der Waals surface area contributed by atoms with E-state index in [-0.39, 0.29) is 23.2 Å². The van der Waals surface area contributed by atoms with Crippen molar-refractivity contribution in [3.8, 4) is 11.4 Å². The van der Waals surface area contributed by atoms with Crippen LogP contribution in [0.2, 0.25) is 0 Å². The lowest BCUT2D eigenvalue weighted by atomic mass is 10.2. The molecule has 1 aromatic heterocycles. The predicted molar refractivity (Wildman–Crippen MR) is 95.8 cm³/mol. The Hall–Kier alpha value is -3.04. The van der Waals surface area contributed by atoms with Gasteiger partial charge >= 0.3 is 12.1 Å². The minimum Gasteiger partial charge on any atom is -0.493 e. The van der Waals surface area contributed by atoms with Crippen LogP contribution in [0.15, 0.2) is 30.5 Å². The number of halogens is 3. The Labute approximate surface area is 164 Å². The molecule has 10 heteroatoms. The second kappa shape index (κ2) is 8.54. The highest BCUT2D eigenvalue weighted by molar-refractivity contribution is 5.92. The lowest BCUT2D eigenvalue weighted by molar-refractivity contribution is -0.137. The summed E-state index contributed by atoms with van der Waals surface area (Å²) >= 11 is 0. The topological polar surface area (TPSA) is 82.5 Å². The summed E-state index contributed by atoms with van der Waals surface area (Å²) in [7, 11) is 1.29. The lowest BCUT2D eigenvalue weighted by Crippen LogP contribution is -2.36. The molecule has 0 aliphatic heterocycles. The average Bonchev–Trinajstić information content (AvgIpc) is 3.35. The first-order chi connectivity index (χ1) is 13.8. The summed E-state index contributed by atoms with van der Waals surface area (Å²) in [6.07, 6.45) is 0.653. The third kappa shape index (κ3) is 5.07. The summed E-state index contributed by atoms with van der Waals surface area (Å²) in [6.45, 7) is -0.477. The van der Waals surface area contributed by atoms with Gasteiger partial charge in [-0.2, -0.15) is 18.3 Å². The van der Waals surface area contributed by atoms with Crippen molar-refractivity contribution in [1.29, 1.82) is 0 Å². The second-order valence-electron chi connectivity index (χ2n) is 6.66. The number of rotatable bonds is 6. The number of nitrogens with zero attached hydrogens (tertiary/aromatic N) is 2. The Bertz CT molecular complexity index is 889. The van der Waals surface area contributed by atoms with Crippen LogP contribution in [0, 0.1) is 0 Å². The maximum absolute atomic E-state index is 12.9. The summed E-state index contributed by atoms with van der Waals surface area (Å²) in [6, 6.07) is 4.57. The van der Waals surface area contributed by atoms with Gasteiger partial charge in [-0.25, -0.2) is 9.48 Å². The monoisotopic (exact) mass is 411 g/mol. The maximum atomic E-state index is 12.9. The van der Waals surface area contributed by atoms with Crippen molar-refractivity contribution in [2.45, 2.75) is 37.9 Å². The van der Waals surface area contributed by atoms with E-state index in [9.17, 15) is 22.8 Å². The van der Waals surface area contributed by atoms with Gasteiger partial charge in [0.1, 0.15) is 0 Å². The van der Waals surface area contributed by atoms with Crippen molar-refractivity contribution in [2.75, 3.05) is 13.7 Å². The number of esters is 1. The number of carbonyl (C=O) groups excluding carboxylic acids is 2. The minimum atomic E-state index is -4.51. The van der Waals surface area contributed by atoms with E-state index in [1.54, 1.807) is 0 Å². The lowest BCUT2D eigenvalue weighted by Gasteiger charge is -2.11. The molecule has 1 fully saturated rings. The smallest absolute Gasteiger partial charge is 0.416 e. The Morgan fingerprint density at radius 3 is 2.66 bits per heavy atom. The molecular formula is C19H20F3N3O4. The molecule has 1 aliphatic carbocycles. The molecule has 1 saturated carbocycles. The van der Waals surface area contributed by atoms with Crippen molar-refractivity contribution in [3.05, 3.63) is 41.7 Å². The highest BCUT2D eigenvalue weighted by atomic mass is 19.4. The SMILES string of the molecule is COc1cn(-c2cccc(C(F)(F)F)c2)nc1C(=O)OCC(=O)NC1CCCC1. The summed E-state index contributed by atoms with van der Waals surface area (Å²) in [5.74, 6) is -1.31. The Kier molecular flexibility index (Phi) is 6.09. The number of benzene rings is 1. The molecule has 1 aromatic carbocycles. The Morgan fingerprint density at radius 1 is 1.28 bits per heavy atom. The van der Waals surface area contributed by atoms with E-state index in [1.807, 2.05) is 0 Å². The zero-order valence-corrected chi connectivity index (χ0v) is 15.7. The second-order valence-corrected chi connectivity index (χ2v) is 6.66. The normalized spacial score (nSPS) is 14.6. The molecule has 2 aromatic rings. The summed E-state index contributed by atoms with van der Waals surface area (Å²) in [5.41, 5.74) is -0.994. The van der Waals surface area contributed by atoms with Crippen LogP contribution in [0.5, 0.6) is 5.75 Å². The zero-order valence-electron chi connectivity index (χ0n) is 15.7. The van der Waals surface area contributed by atoms with Crippen molar-refractivity contribution < 1.29 is 32.2 Å². The number of ether oxygens (including phenoxy) is 2. The predicted octanol–water partition coefficient (Wildman–Crippen LogP) is 3.12. The number of alkyl halides is 3. The molecule has 0 atom stereocenters. The highest BCUT2D eigenvalue weighted by Crippen LogP contribution is 2.30. The van der Waals surface area contributed by atoms with E-state index in [2.05, 4.69) is 10.4 Å². The van der Waals surface area contributed by atoms with Crippen molar-refractivity contribution in [3.63, 3.8) is 0 Å². The van der Waals surface area contributed by atoms with Crippen LogP contribution < -0.4 is 10.1 Å². The van der Waals surface area contributed by atoms with E-state index in [0.29, 0.717) is 0 Å². The number of amides is 1. The zero-order chi connectivity index (χ0) is 21.0. The fourth-order valence-electron chi connectivity index (χ4n) is 3.14. The first-order valence-corrected chi connectivity index (χ1v) is 9.05. The summed E-state index contributed by atoms with van der Waals surface area (Å²) in [4.78, 5) is 24.2. The molecule has 7 nitrogen and oxygen atoms in total. The van der Waals surface area contributed by atoms with Gasteiger partial charge in [0.15, 0.2) is 12.4 Å². The molecule has 156 valence electrons. The Balaban J connectivity index is 1.71. The third-order valence-electron chi connectivity index (χ3n) is 4.59. The molecule has 1 aliphatic rings. The van der Waals surface area contributed by atoms with E-state index < -0.39 is 30.2 Å². The van der Waals surface area contributed by atoms with Gasteiger partial charge in [0, 0.05) is 6.04 Å². The fraction of sp³-hybridized carbons (Fsp3) is 0.421. The van der Waals surface area contributed by atoms with Crippen LogP contribution in [0.3, 0.4) is 0 Å². The standard InChI is InChI=1S/C19H20F3N3O4/c1-28-15-10-25(14-8-4-5-12(9-14)19(20,21)22)24-17(15)18(27)29-11-16(26)23-13-6-2-3-7-13/h4-5,8-10,13H,2-3,6-7,11H2,1H3,(H,23,26). The first-order valence-electron chi connectivity index (χ1n) is 9.05. The van der Waals surface area contributed by atoms with E-state index in [4.69, 9.17) is 9.47 Å². The van der Waals surface area contributed by atoms with Crippen molar-refractivity contribution in [2.24, 2.45) is 0 Å². The number of methoxy groups -OCH3 is 1. The van der Waals surface area contributed by atoms with E-state index in [0.717, 1.165) is 42.5 Å². The van der Waals surface area contributed by atoms with Gasteiger partial charge in [-0.05, 0) is 31.0 Å². The van der Waals surface area contributed by atoms with E-state index >= 15 is 0 Å². The summed E-state index contributed by atoms with van der Waals surface area (Å²) < 4.78 is 49.9. The van der Waals surface area contributed by atoms with Gasteiger partial charge in [-0.15, -0.1) is 0 Å². The third-order valence-corrected chi connectivity index (χ3v) is 4.59. The van der Waals surface area contributed by atoms with Gasteiger partial charge in [-0.1, -0.05) is 18.9 Å². The molecule has 0 radical (unpaired) electrons. The van der Waals surface area contributed by atoms with Crippen LogP contribution in [-0.2, 0) is 15.7 Å². The van der Waals surface area contributed by atoms with Gasteiger partial charge < -0.3 is 14.8 Å². The van der Waals surface area contributed by atoms with Crippen LogP contribution in [0.25, 0.3) is 5.69 Å². The molecular weight excluding hydrogens is 391 g/mol.